The molecule has 1 saturated heterocycles. The average molecular weight is 417 g/mol. The largest absolute Gasteiger partial charge is 0.341 e. The third kappa shape index (κ3) is 4.36. The Kier molecular flexibility index (Phi) is 5.21. The van der Waals surface area contributed by atoms with Gasteiger partial charge in [-0.05, 0) is 54.0 Å². The maximum atomic E-state index is 14.9. The number of hydrogen-bond donors (Lipinski definition) is 1. The smallest absolute Gasteiger partial charge is 0.226 e. The topological polar surface area (TPSA) is 66.5 Å². The van der Waals surface area contributed by atoms with Crippen LogP contribution in [0.2, 0.25) is 0 Å². The minimum Gasteiger partial charge on any atom is -0.341 e. The van der Waals surface area contributed by atoms with Gasteiger partial charge in [-0.2, -0.15) is 0 Å². The highest BCUT2D eigenvalue weighted by atomic mass is 32.2. The fraction of sp³-hybridized carbons (Fsp3) is 0.409. The highest BCUT2D eigenvalue weighted by molar-refractivity contribution is 7.88. The van der Waals surface area contributed by atoms with E-state index < -0.39 is 10.0 Å². The summed E-state index contributed by atoms with van der Waals surface area (Å²) in [6, 6.07) is 13.0. The Labute approximate surface area is 171 Å². The Morgan fingerprint density at radius 1 is 1.21 bits per heavy atom. The van der Waals surface area contributed by atoms with Gasteiger partial charge in [0.2, 0.25) is 15.9 Å². The number of nitrogens with zero attached hydrogens (tertiary/aromatic N) is 1. The van der Waals surface area contributed by atoms with E-state index in [1.165, 1.54) is 6.07 Å². The lowest BCUT2D eigenvalue weighted by Crippen LogP contribution is -2.38. The van der Waals surface area contributed by atoms with Gasteiger partial charge < -0.3 is 4.90 Å². The van der Waals surface area contributed by atoms with E-state index in [4.69, 9.17) is 0 Å². The van der Waals surface area contributed by atoms with Crippen molar-refractivity contribution < 1.29 is 17.6 Å². The quantitative estimate of drug-likeness (QED) is 0.815. The molecule has 1 amide bonds. The number of carbonyl (C=O) groups is 1. The van der Waals surface area contributed by atoms with Crippen molar-refractivity contribution in [2.45, 2.75) is 31.7 Å². The summed E-state index contributed by atoms with van der Waals surface area (Å²) >= 11 is 0. The zero-order valence-electron chi connectivity index (χ0n) is 16.6. The lowest BCUT2D eigenvalue weighted by molar-refractivity contribution is -0.131. The van der Waals surface area contributed by atoms with Gasteiger partial charge in [-0.3, -0.25) is 4.79 Å². The zero-order chi connectivity index (χ0) is 20.8. The Bertz CT molecular complexity index is 1040. The van der Waals surface area contributed by atoms with Crippen molar-refractivity contribution in [2.24, 2.45) is 5.92 Å². The molecule has 0 bridgehead atoms. The Balaban J connectivity index is 1.53. The molecule has 1 heterocycles. The predicted octanol–water partition coefficient (Wildman–Crippen LogP) is 3.05. The number of halogens is 1. The first kappa shape index (κ1) is 20.0. The van der Waals surface area contributed by atoms with Crippen LogP contribution < -0.4 is 4.72 Å². The van der Waals surface area contributed by atoms with Gasteiger partial charge in [0.15, 0.2) is 0 Å². The number of nitrogens with one attached hydrogen (secondary N) is 1. The number of sulfonamides is 1. The van der Waals surface area contributed by atoms with Gasteiger partial charge in [0.25, 0.3) is 0 Å². The second-order valence-corrected chi connectivity index (χ2v) is 9.96. The lowest BCUT2D eigenvalue weighted by Gasteiger charge is -2.18. The fourth-order valence-electron chi connectivity index (χ4n) is 4.37. The summed E-state index contributed by atoms with van der Waals surface area (Å²) in [4.78, 5) is 14.7. The predicted molar refractivity (Wildman–Crippen MR) is 110 cm³/mol. The first-order valence-corrected chi connectivity index (χ1v) is 11.7. The molecule has 1 aliphatic carbocycles. The molecule has 7 heteroatoms. The Morgan fingerprint density at radius 3 is 2.62 bits per heavy atom. The first-order chi connectivity index (χ1) is 13.7. The van der Waals surface area contributed by atoms with Crippen LogP contribution in [0.25, 0.3) is 11.1 Å². The molecule has 2 aromatic rings. The molecular weight excluding hydrogens is 391 g/mol. The molecule has 1 N–H and O–H groups in total. The number of aryl methyl sites for hydroxylation is 1. The number of likely N-dealkylation sites (tertiary alicyclic amines) is 1. The van der Waals surface area contributed by atoms with Gasteiger partial charge in [-0.25, -0.2) is 17.5 Å². The highest BCUT2D eigenvalue weighted by Gasteiger charge is 2.49. The summed E-state index contributed by atoms with van der Waals surface area (Å²) < 4.78 is 40.4. The van der Waals surface area contributed by atoms with Crippen molar-refractivity contribution >= 4 is 15.9 Å². The summed E-state index contributed by atoms with van der Waals surface area (Å²) in [7, 11) is -3.30. The van der Waals surface area contributed by atoms with Crippen molar-refractivity contribution in [1.82, 2.24) is 9.62 Å². The van der Waals surface area contributed by atoms with Gasteiger partial charge in [-0.1, -0.05) is 36.4 Å². The van der Waals surface area contributed by atoms with Gasteiger partial charge >= 0.3 is 0 Å². The molecular formula is C22H25FN2O3S. The van der Waals surface area contributed by atoms with Crippen molar-refractivity contribution in [3.8, 4) is 11.1 Å². The molecule has 5 nitrogen and oxygen atoms in total. The third-order valence-corrected chi connectivity index (χ3v) is 6.48. The van der Waals surface area contributed by atoms with Gasteiger partial charge in [0, 0.05) is 25.0 Å². The minimum absolute atomic E-state index is 0.00760. The van der Waals surface area contributed by atoms with E-state index in [-0.39, 0.29) is 29.6 Å². The van der Waals surface area contributed by atoms with Crippen molar-refractivity contribution in [3.63, 3.8) is 0 Å². The van der Waals surface area contributed by atoms with Crippen LogP contribution in [-0.2, 0) is 14.8 Å². The van der Waals surface area contributed by atoms with Gasteiger partial charge in [-0.15, -0.1) is 0 Å². The normalized spacial score (nSPS) is 24.0. The van der Waals surface area contributed by atoms with Crippen molar-refractivity contribution in [3.05, 3.63) is 59.4 Å². The molecule has 1 aliphatic heterocycles. The monoisotopic (exact) mass is 416 g/mol. The van der Waals surface area contributed by atoms with E-state index in [9.17, 15) is 17.6 Å². The second-order valence-electron chi connectivity index (χ2n) is 8.18. The van der Waals surface area contributed by atoms with Gasteiger partial charge in [0.05, 0.1) is 6.26 Å². The van der Waals surface area contributed by atoms with E-state index in [2.05, 4.69) is 4.72 Å². The Morgan fingerprint density at radius 2 is 1.93 bits per heavy atom. The van der Waals surface area contributed by atoms with Gasteiger partial charge in [0.1, 0.15) is 5.82 Å². The molecule has 2 fully saturated rings. The van der Waals surface area contributed by atoms with Crippen LogP contribution in [0.4, 0.5) is 4.39 Å². The Hall–Kier alpha value is -2.25. The molecule has 154 valence electrons. The van der Waals surface area contributed by atoms with E-state index in [1.54, 1.807) is 4.90 Å². The summed E-state index contributed by atoms with van der Waals surface area (Å²) in [5, 5.41) is 0. The van der Waals surface area contributed by atoms with Crippen LogP contribution in [0, 0.1) is 18.7 Å². The van der Waals surface area contributed by atoms with E-state index >= 15 is 0 Å². The van der Waals surface area contributed by atoms with E-state index in [1.807, 2.05) is 43.3 Å². The lowest BCUT2D eigenvalue weighted by atomic mass is 9.93. The van der Waals surface area contributed by atoms with Crippen LogP contribution in [-0.4, -0.2) is 44.6 Å². The summed E-state index contributed by atoms with van der Waals surface area (Å²) in [6.45, 7) is 2.77. The number of hydrogen-bond acceptors (Lipinski definition) is 3. The SMILES string of the molecule is Cc1cc(F)c(C2CC2C(=O)N2CCC(NS(C)(=O)=O)C2)c(-c2ccccc2)c1. The number of rotatable bonds is 5. The molecule has 0 spiro atoms. The summed E-state index contributed by atoms with van der Waals surface area (Å²) in [5.74, 6) is -0.652. The average Bonchev–Trinajstić information content (AvgIpc) is 3.30. The molecule has 0 radical (unpaired) electrons. The van der Waals surface area contributed by atoms with Crippen LogP contribution >= 0.6 is 0 Å². The molecule has 29 heavy (non-hydrogen) atoms. The number of carbonyl (C=O) groups excluding carboxylic acids is 1. The van der Waals surface area contributed by atoms with Crippen LogP contribution in [0.15, 0.2) is 42.5 Å². The standard InChI is InChI=1S/C22H25FN2O3S/c1-14-10-17(15-6-4-3-5-7-15)21(20(23)11-14)18-12-19(18)22(26)25-9-8-16(13-25)24-29(2,27)28/h3-7,10-11,16,18-19,24H,8-9,12-13H2,1-2H3. The molecule has 4 rings (SSSR count). The van der Waals surface area contributed by atoms with E-state index in [0.717, 1.165) is 22.9 Å². The van der Waals surface area contributed by atoms with Crippen molar-refractivity contribution in [2.75, 3.05) is 19.3 Å². The zero-order valence-corrected chi connectivity index (χ0v) is 17.4. The molecule has 1 saturated carbocycles. The molecule has 3 unspecified atom stereocenters. The third-order valence-electron chi connectivity index (χ3n) is 5.72. The molecule has 2 aliphatic rings. The van der Waals surface area contributed by atoms with Crippen LogP contribution in [0.5, 0.6) is 0 Å². The molecule has 0 aromatic heterocycles. The number of amides is 1. The van der Waals surface area contributed by atoms with Crippen molar-refractivity contribution in [1.29, 1.82) is 0 Å². The summed E-state index contributed by atoms with van der Waals surface area (Å²) in [6.07, 6.45) is 2.35. The van der Waals surface area contributed by atoms with E-state index in [0.29, 0.717) is 31.5 Å². The minimum atomic E-state index is -3.30. The maximum absolute atomic E-state index is 14.9. The fourth-order valence-corrected chi connectivity index (χ4v) is 5.17. The van der Waals surface area contributed by atoms with Crippen LogP contribution in [0.3, 0.4) is 0 Å². The first-order valence-electron chi connectivity index (χ1n) is 9.84. The second kappa shape index (κ2) is 7.54. The molecule has 3 atom stereocenters. The number of benzene rings is 2. The van der Waals surface area contributed by atoms with Crippen LogP contribution in [0.1, 0.15) is 29.9 Å². The highest BCUT2D eigenvalue weighted by Crippen LogP contribution is 2.52. The molecule has 2 aromatic carbocycles. The maximum Gasteiger partial charge on any atom is 0.226 e. The summed E-state index contributed by atoms with van der Waals surface area (Å²) in [5.41, 5.74) is 3.26.